The molecule has 2 rings (SSSR count). The molecule has 0 aliphatic heterocycles. The van der Waals surface area contributed by atoms with Crippen LogP contribution in [0, 0.1) is 6.92 Å². The van der Waals surface area contributed by atoms with E-state index in [1.165, 1.54) is 0 Å². The predicted octanol–water partition coefficient (Wildman–Crippen LogP) is 3.44. The Morgan fingerprint density at radius 2 is 1.95 bits per heavy atom. The Morgan fingerprint density at radius 1 is 1.19 bits per heavy atom. The van der Waals surface area contributed by atoms with Gasteiger partial charge in [0.15, 0.2) is 0 Å². The minimum Gasteiger partial charge on any atom is -0.388 e. The quantitative estimate of drug-likeness (QED) is 0.884. The van der Waals surface area contributed by atoms with E-state index in [-0.39, 0.29) is 5.91 Å². The number of methoxy groups -OCH3 is 1. The second-order valence-corrected chi connectivity index (χ2v) is 4.82. The first kappa shape index (κ1) is 15.1. The second-order valence-electron chi connectivity index (χ2n) is 4.82. The fourth-order valence-electron chi connectivity index (χ4n) is 2.19. The van der Waals surface area contributed by atoms with Crippen molar-refractivity contribution in [2.75, 3.05) is 24.8 Å². The molecule has 0 radical (unpaired) electrons. The number of amides is 1. The first-order chi connectivity index (χ1) is 10.2. The van der Waals surface area contributed by atoms with Crippen molar-refractivity contribution < 1.29 is 9.53 Å². The number of hydrogen-bond acceptors (Lipinski definition) is 3. The van der Waals surface area contributed by atoms with Gasteiger partial charge in [-0.05, 0) is 36.8 Å². The number of carbonyl (C=O) groups excluding carboxylic acids is 1. The number of aryl methyl sites for hydroxylation is 1. The van der Waals surface area contributed by atoms with E-state index in [0.29, 0.717) is 12.2 Å². The van der Waals surface area contributed by atoms with Crippen LogP contribution in [-0.4, -0.2) is 20.1 Å². The molecule has 0 atom stereocenters. The molecule has 0 bridgehead atoms. The van der Waals surface area contributed by atoms with E-state index in [4.69, 9.17) is 4.74 Å². The molecule has 0 saturated heterocycles. The summed E-state index contributed by atoms with van der Waals surface area (Å²) < 4.78 is 5.15. The summed E-state index contributed by atoms with van der Waals surface area (Å²) in [5, 5.41) is 6.01. The molecular formula is C17H20N2O2. The highest BCUT2D eigenvalue weighted by molar-refractivity contribution is 6.05. The lowest BCUT2D eigenvalue weighted by Gasteiger charge is -2.12. The Labute approximate surface area is 125 Å². The molecule has 0 aliphatic carbocycles. The van der Waals surface area contributed by atoms with Crippen molar-refractivity contribution in [3.8, 4) is 0 Å². The summed E-state index contributed by atoms with van der Waals surface area (Å²) in [6, 6.07) is 13.3. The molecule has 4 nitrogen and oxygen atoms in total. The zero-order valence-corrected chi connectivity index (χ0v) is 12.6. The Bertz CT molecular complexity index is 638. The van der Waals surface area contributed by atoms with Crippen LogP contribution in [-0.2, 0) is 11.3 Å². The van der Waals surface area contributed by atoms with Crippen molar-refractivity contribution in [2.45, 2.75) is 13.5 Å². The number of para-hydroxylation sites is 1. The summed E-state index contributed by atoms with van der Waals surface area (Å²) in [6.45, 7) is 2.39. The van der Waals surface area contributed by atoms with Gasteiger partial charge in [0.25, 0.3) is 5.91 Å². The van der Waals surface area contributed by atoms with E-state index < -0.39 is 0 Å². The van der Waals surface area contributed by atoms with Gasteiger partial charge in [0, 0.05) is 36.7 Å². The largest absolute Gasteiger partial charge is 0.388 e. The number of hydrogen-bond donors (Lipinski definition) is 2. The molecule has 0 saturated carbocycles. The van der Waals surface area contributed by atoms with E-state index in [0.717, 1.165) is 22.5 Å². The molecule has 0 aromatic heterocycles. The minimum absolute atomic E-state index is 0.112. The molecule has 0 fully saturated rings. The average molecular weight is 284 g/mol. The topological polar surface area (TPSA) is 50.4 Å². The zero-order valence-electron chi connectivity index (χ0n) is 12.6. The van der Waals surface area contributed by atoms with Crippen LogP contribution in [0.4, 0.5) is 11.4 Å². The molecule has 2 aromatic carbocycles. The number of nitrogens with one attached hydrogen (secondary N) is 2. The number of benzene rings is 2. The highest BCUT2D eigenvalue weighted by Crippen LogP contribution is 2.19. The highest BCUT2D eigenvalue weighted by Gasteiger charge is 2.11. The minimum atomic E-state index is -0.112. The van der Waals surface area contributed by atoms with Crippen LogP contribution in [0.15, 0.2) is 42.5 Å². The van der Waals surface area contributed by atoms with E-state index in [1.807, 2.05) is 56.4 Å². The van der Waals surface area contributed by atoms with Gasteiger partial charge < -0.3 is 15.4 Å². The van der Waals surface area contributed by atoms with Crippen LogP contribution < -0.4 is 10.6 Å². The molecule has 1 amide bonds. The Morgan fingerprint density at radius 3 is 2.62 bits per heavy atom. The maximum Gasteiger partial charge on any atom is 0.255 e. The van der Waals surface area contributed by atoms with E-state index in [1.54, 1.807) is 7.11 Å². The molecule has 110 valence electrons. The van der Waals surface area contributed by atoms with Crippen LogP contribution in [0.2, 0.25) is 0 Å². The monoisotopic (exact) mass is 284 g/mol. The maximum atomic E-state index is 12.4. The number of anilines is 2. The van der Waals surface area contributed by atoms with Crippen LogP contribution >= 0.6 is 0 Å². The lowest BCUT2D eigenvalue weighted by atomic mass is 10.1. The Balaban J connectivity index is 2.22. The lowest BCUT2D eigenvalue weighted by Crippen LogP contribution is -2.15. The molecule has 0 aliphatic rings. The summed E-state index contributed by atoms with van der Waals surface area (Å²) in [5.74, 6) is -0.112. The van der Waals surface area contributed by atoms with Gasteiger partial charge in [-0.25, -0.2) is 0 Å². The molecule has 2 N–H and O–H groups in total. The van der Waals surface area contributed by atoms with Gasteiger partial charge in [-0.1, -0.05) is 18.2 Å². The molecule has 4 heteroatoms. The zero-order chi connectivity index (χ0) is 15.2. The van der Waals surface area contributed by atoms with Crippen molar-refractivity contribution in [3.63, 3.8) is 0 Å². The fraction of sp³-hybridized carbons (Fsp3) is 0.235. The van der Waals surface area contributed by atoms with Crippen molar-refractivity contribution in [1.29, 1.82) is 0 Å². The first-order valence-electron chi connectivity index (χ1n) is 6.82. The summed E-state index contributed by atoms with van der Waals surface area (Å²) >= 11 is 0. The SMILES string of the molecule is CNc1ccc(C(=O)Nc2ccccc2COC)c(C)c1. The van der Waals surface area contributed by atoms with Gasteiger partial charge in [0.1, 0.15) is 0 Å². The van der Waals surface area contributed by atoms with Gasteiger partial charge in [-0.2, -0.15) is 0 Å². The van der Waals surface area contributed by atoms with Crippen molar-refractivity contribution >= 4 is 17.3 Å². The van der Waals surface area contributed by atoms with Crippen LogP contribution in [0.25, 0.3) is 0 Å². The third-order valence-corrected chi connectivity index (χ3v) is 3.33. The number of carbonyl (C=O) groups is 1. The van der Waals surface area contributed by atoms with Crippen LogP contribution in [0.1, 0.15) is 21.5 Å². The second kappa shape index (κ2) is 6.90. The van der Waals surface area contributed by atoms with Crippen molar-refractivity contribution in [2.24, 2.45) is 0 Å². The third kappa shape index (κ3) is 3.61. The molecule has 0 spiro atoms. The number of ether oxygens (including phenoxy) is 1. The third-order valence-electron chi connectivity index (χ3n) is 3.33. The normalized spacial score (nSPS) is 10.2. The summed E-state index contributed by atoms with van der Waals surface area (Å²) in [6.07, 6.45) is 0. The molecule has 2 aromatic rings. The standard InChI is InChI=1S/C17H20N2O2/c1-12-10-14(18-2)8-9-15(12)17(20)19-16-7-5-4-6-13(16)11-21-3/h4-10,18H,11H2,1-3H3,(H,19,20). The predicted molar refractivity (Wildman–Crippen MR) is 85.8 cm³/mol. The van der Waals surface area contributed by atoms with Crippen LogP contribution in [0.5, 0.6) is 0 Å². The fourth-order valence-corrected chi connectivity index (χ4v) is 2.19. The van der Waals surface area contributed by atoms with E-state index in [2.05, 4.69) is 10.6 Å². The average Bonchev–Trinajstić information content (AvgIpc) is 2.49. The van der Waals surface area contributed by atoms with Crippen molar-refractivity contribution in [3.05, 3.63) is 59.2 Å². The first-order valence-corrected chi connectivity index (χ1v) is 6.82. The van der Waals surface area contributed by atoms with Gasteiger partial charge in [0.2, 0.25) is 0 Å². The lowest BCUT2D eigenvalue weighted by molar-refractivity contribution is 0.102. The van der Waals surface area contributed by atoms with E-state index >= 15 is 0 Å². The van der Waals surface area contributed by atoms with Gasteiger partial charge >= 0.3 is 0 Å². The molecule has 0 unspecified atom stereocenters. The van der Waals surface area contributed by atoms with Crippen molar-refractivity contribution in [1.82, 2.24) is 0 Å². The summed E-state index contributed by atoms with van der Waals surface area (Å²) in [7, 11) is 3.49. The Kier molecular flexibility index (Phi) is 4.95. The van der Waals surface area contributed by atoms with E-state index in [9.17, 15) is 4.79 Å². The highest BCUT2D eigenvalue weighted by atomic mass is 16.5. The van der Waals surface area contributed by atoms with Gasteiger partial charge in [0.05, 0.1) is 6.61 Å². The van der Waals surface area contributed by atoms with Gasteiger partial charge in [-0.15, -0.1) is 0 Å². The molecular weight excluding hydrogens is 264 g/mol. The maximum absolute atomic E-state index is 12.4. The van der Waals surface area contributed by atoms with Gasteiger partial charge in [-0.3, -0.25) is 4.79 Å². The number of rotatable bonds is 5. The Hall–Kier alpha value is -2.33. The summed E-state index contributed by atoms with van der Waals surface area (Å²) in [5.41, 5.74) is 4.33. The summed E-state index contributed by atoms with van der Waals surface area (Å²) in [4.78, 5) is 12.4. The van der Waals surface area contributed by atoms with Crippen LogP contribution in [0.3, 0.4) is 0 Å². The molecule has 21 heavy (non-hydrogen) atoms. The molecule has 0 heterocycles. The smallest absolute Gasteiger partial charge is 0.255 e.